The summed E-state index contributed by atoms with van der Waals surface area (Å²) in [6, 6.07) is 8.82. The molecule has 0 atom stereocenters. The van der Waals surface area contributed by atoms with E-state index in [0.717, 1.165) is 49.9 Å². The van der Waals surface area contributed by atoms with Crippen molar-refractivity contribution in [3.05, 3.63) is 59.4 Å². The Labute approximate surface area is 188 Å². The minimum absolute atomic E-state index is 0.0793. The molecule has 2 heterocycles. The average molecular weight is 438 g/mol. The predicted octanol–water partition coefficient (Wildman–Crippen LogP) is 2.39. The van der Waals surface area contributed by atoms with E-state index in [-0.39, 0.29) is 24.8 Å². The topological polar surface area (TPSA) is 117 Å². The lowest BCUT2D eigenvalue weighted by molar-refractivity contribution is -0.117. The van der Waals surface area contributed by atoms with Crippen molar-refractivity contribution in [2.75, 3.05) is 24.5 Å². The lowest BCUT2D eigenvalue weighted by Crippen LogP contribution is -2.34. The van der Waals surface area contributed by atoms with Gasteiger partial charge in [0.05, 0.1) is 0 Å². The number of nitrogens with two attached hydrogens (primary N) is 1. The van der Waals surface area contributed by atoms with Crippen molar-refractivity contribution >= 4 is 23.4 Å². The van der Waals surface area contributed by atoms with Crippen molar-refractivity contribution in [1.82, 2.24) is 15.6 Å². The van der Waals surface area contributed by atoms with Crippen LogP contribution in [-0.4, -0.2) is 42.3 Å². The van der Waals surface area contributed by atoms with Gasteiger partial charge in [-0.05, 0) is 55.3 Å². The third-order valence-electron chi connectivity index (χ3n) is 5.51. The molecule has 0 fully saturated rings. The van der Waals surface area contributed by atoms with E-state index < -0.39 is 5.91 Å². The Kier molecular flexibility index (Phi) is 8.74. The minimum atomic E-state index is -0.461. The van der Waals surface area contributed by atoms with Crippen LogP contribution < -0.4 is 21.3 Å². The average Bonchev–Trinajstić information content (AvgIpc) is 2.79. The molecular weight excluding hydrogens is 406 g/mol. The number of hydrogen-bond donors (Lipinski definition) is 3. The third-order valence-corrected chi connectivity index (χ3v) is 5.51. The summed E-state index contributed by atoms with van der Waals surface area (Å²) in [4.78, 5) is 42.7. The van der Waals surface area contributed by atoms with E-state index in [1.54, 1.807) is 30.6 Å². The number of carbonyl (C=O) groups excluding carboxylic acids is 3. The minimum Gasteiger partial charge on any atom is -0.370 e. The second-order valence-corrected chi connectivity index (χ2v) is 7.95. The number of benzene rings is 1. The second kappa shape index (κ2) is 12.0. The molecule has 0 unspecified atom stereocenters. The zero-order valence-electron chi connectivity index (χ0n) is 18.3. The predicted molar refractivity (Wildman–Crippen MR) is 123 cm³/mol. The Bertz CT molecular complexity index is 932. The van der Waals surface area contributed by atoms with E-state index in [4.69, 9.17) is 5.73 Å². The normalized spacial score (nSPS) is 15.1. The van der Waals surface area contributed by atoms with Gasteiger partial charge in [0.15, 0.2) is 0 Å². The monoisotopic (exact) mass is 437 g/mol. The number of fused-ring (bicyclic) bond motifs is 1. The van der Waals surface area contributed by atoms with Gasteiger partial charge in [0.1, 0.15) is 0 Å². The molecule has 4 N–H and O–H groups in total. The Morgan fingerprint density at radius 1 is 1.00 bits per heavy atom. The Balaban J connectivity index is 1.90. The van der Waals surface area contributed by atoms with Crippen LogP contribution in [0.3, 0.4) is 0 Å². The van der Waals surface area contributed by atoms with Crippen LogP contribution in [0.15, 0.2) is 42.7 Å². The van der Waals surface area contributed by atoms with Crippen LogP contribution in [-0.2, 0) is 11.3 Å². The first-order valence-electron chi connectivity index (χ1n) is 11.2. The van der Waals surface area contributed by atoms with Crippen LogP contribution in [0, 0.1) is 0 Å². The number of rotatable bonds is 5. The lowest BCUT2D eigenvalue weighted by atomic mass is 10.0. The zero-order chi connectivity index (χ0) is 22.8. The zero-order valence-corrected chi connectivity index (χ0v) is 18.3. The fourth-order valence-corrected chi connectivity index (χ4v) is 3.79. The summed E-state index contributed by atoms with van der Waals surface area (Å²) in [5.74, 6) is -0.811. The fraction of sp³-hybridized carbons (Fsp3) is 0.417. The maximum absolute atomic E-state index is 13.4. The van der Waals surface area contributed by atoms with Gasteiger partial charge in [0.2, 0.25) is 5.91 Å². The van der Waals surface area contributed by atoms with E-state index in [1.165, 1.54) is 0 Å². The highest BCUT2D eigenvalue weighted by Gasteiger charge is 2.21. The van der Waals surface area contributed by atoms with Crippen LogP contribution in [0.2, 0.25) is 0 Å². The van der Waals surface area contributed by atoms with Gasteiger partial charge in [-0.1, -0.05) is 19.3 Å². The van der Waals surface area contributed by atoms with Crippen LogP contribution in [0.25, 0.3) is 0 Å². The number of amides is 3. The fourth-order valence-electron chi connectivity index (χ4n) is 3.79. The maximum atomic E-state index is 13.4. The molecule has 0 spiro atoms. The molecule has 3 amide bonds. The molecule has 32 heavy (non-hydrogen) atoms. The van der Waals surface area contributed by atoms with Crippen molar-refractivity contribution in [2.45, 2.75) is 45.1 Å². The second-order valence-electron chi connectivity index (χ2n) is 7.95. The quantitative estimate of drug-likeness (QED) is 0.664. The molecule has 2 aromatic rings. The summed E-state index contributed by atoms with van der Waals surface area (Å²) < 4.78 is 0. The first kappa shape index (κ1) is 23.4. The number of carbonyl (C=O) groups is 3. The number of hydrogen-bond acceptors (Lipinski definition) is 5. The van der Waals surface area contributed by atoms with Crippen LogP contribution in [0.5, 0.6) is 0 Å². The summed E-state index contributed by atoms with van der Waals surface area (Å²) in [7, 11) is 0. The van der Waals surface area contributed by atoms with Gasteiger partial charge in [-0.15, -0.1) is 0 Å². The Hall–Kier alpha value is -3.26. The van der Waals surface area contributed by atoms with E-state index in [2.05, 4.69) is 15.6 Å². The first-order valence-corrected chi connectivity index (χ1v) is 11.2. The van der Waals surface area contributed by atoms with Crippen LogP contribution in [0.4, 0.5) is 5.69 Å². The molecule has 1 aliphatic rings. The highest BCUT2D eigenvalue weighted by molar-refractivity contribution is 6.06. The standard InChI is InChI=1S/C24H31N5O3/c25-22(30)10-14-28-23(31)19-6-7-21-20(16-19)17-27-11-4-2-1-3-5-15-29(21)24(32)18-8-12-26-13-9-18/h6-9,12-13,16,27H,1-5,10-11,14-15,17H2,(H2,25,30)(H,28,31). The lowest BCUT2D eigenvalue weighted by Gasteiger charge is -2.27. The number of primary amides is 1. The molecule has 1 aliphatic heterocycles. The molecule has 1 aromatic heterocycles. The molecule has 8 heteroatoms. The number of nitrogens with one attached hydrogen (secondary N) is 2. The molecule has 0 radical (unpaired) electrons. The van der Waals surface area contributed by atoms with Crippen molar-refractivity contribution in [2.24, 2.45) is 5.73 Å². The first-order chi connectivity index (χ1) is 15.6. The molecular formula is C24H31N5O3. The Morgan fingerprint density at radius 3 is 2.53 bits per heavy atom. The summed E-state index contributed by atoms with van der Waals surface area (Å²) in [6.07, 6.45) is 8.71. The highest BCUT2D eigenvalue weighted by atomic mass is 16.2. The summed E-state index contributed by atoms with van der Waals surface area (Å²) in [5.41, 5.74) is 7.90. The summed E-state index contributed by atoms with van der Waals surface area (Å²) in [5, 5.41) is 6.16. The van der Waals surface area contributed by atoms with Crippen molar-refractivity contribution in [3.8, 4) is 0 Å². The van der Waals surface area contributed by atoms with E-state index in [1.807, 2.05) is 17.0 Å². The molecule has 1 aromatic carbocycles. The number of anilines is 1. The molecule has 3 rings (SSSR count). The van der Waals surface area contributed by atoms with Gasteiger partial charge in [-0.3, -0.25) is 19.4 Å². The van der Waals surface area contributed by atoms with Crippen molar-refractivity contribution in [3.63, 3.8) is 0 Å². The Morgan fingerprint density at radius 2 is 1.75 bits per heavy atom. The van der Waals surface area contributed by atoms with E-state index in [9.17, 15) is 14.4 Å². The van der Waals surface area contributed by atoms with Gasteiger partial charge in [0, 0.05) is 55.3 Å². The van der Waals surface area contributed by atoms with E-state index in [0.29, 0.717) is 24.2 Å². The summed E-state index contributed by atoms with van der Waals surface area (Å²) >= 11 is 0. The molecule has 0 saturated heterocycles. The molecule has 0 saturated carbocycles. The van der Waals surface area contributed by atoms with Gasteiger partial charge < -0.3 is 21.3 Å². The summed E-state index contributed by atoms with van der Waals surface area (Å²) in [6.45, 7) is 2.24. The maximum Gasteiger partial charge on any atom is 0.258 e. The SMILES string of the molecule is NC(=O)CCNC(=O)c1ccc2c(c1)CNCCCCCCCN2C(=O)c1ccncc1. The number of pyridine rings is 1. The molecule has 0 aliphatic carbocycles. The number of aromatic nitrogens is 1. The molecule has 170 valence electrons. The van der Waals surface area contributed by atoms with Gasteiger partial charge in [-0.25, -0.2) is 0 Å². The molecule has 0 bridgehead atoms. The highest BCUT2D eigenvalue weighted by Crippen LogP contribution is 2.25. The molecule has 8 nitrogen and oxygen atoms in total. The van der Waals surface area contributed by atoms with Gasteiger partial charge in [0.25, 0.3) is 11.8 Å². The van der Waals surface area contributed by atoms with Gasteiger partial charge >= 0.3 is 0 Å². The van der Waals surface area contributed by atoms with Crippen molar-refractivity contribution < 1.29 is 14.4 Å². The van der Waals surface area contributed by atoms with Gasteiger partial charge in [-0.2, -0.15) is 0 Å². The number of nitrogens with zero attached hydrogens (tertiary/aromatic N) is 2. The third kappa shape index (κ3) is 6.62. The van der Waals surface area contributed by atoms with Crippen LogP contribution >= 0.6 is 0 Å². The van der Waals surface area contributed by atoms with Crippen molar-refractivity contribution in [1.29, 1.82) is 0 Å². The largest absolute Gasteiger partial charge is 0.370 e. The van der Waals surface area contributed by atoms with Crippen LogP contribution in [0.1, 0.15) is 64.8 Å². The van der Waals surface area contributed by atoms with E-state index >= 15 is 0 Å². The smallest absolute Gasteiger partial charge is 0.258 e.